The Hall–Kier alpha value is -2.34. The molecule has 0 aliphatic rings. The number of carbonyl (C=O) groups excluding carboxylic acids is 2. The van der Waals surface area contributed by atoms with Gasteiger partial charge in [-0.3, -0.25) is 9.59 Å². The van der Waals surface area contributed by atoms with E-state index in [9.17, 15) is 9.59 Å². The lowest BCUT2D eigenvalue weighted by Crippen LogP contribution is -2.16. The lowest BCUT2D eigenvalue weighted by molar-refractivity contribution is -0.116. The number of hydrogen-bond acceptors (Lipinski definition) is 3. The van der Waals surface area contributed by atoms with E-state index in [-0.39, 0.29) is 11.8 Å². The zero-order chi connectivity index (χ0) is 17.5. The molecule has 0 radical (unpaired) electrons. The van der Waals surface area contributed by atoms with E-state index in [1.165, 1.54) is 6.92 Å². The van der Waals surface area contributed by atoms with E-state index in [2.05, 4.69) is 31.9 Å². The summed E-state index contributed by atoms with van der Waals surface area (Å²) in [6, 6.07) is 13.2. The molecule has 0 atom stereocenters. The summed E-state index contributed by atoms with van der Waals surface area (Å²) in [7, 11) is 0. The van der Waals surface area contributed by atoms with E-state index in [0.717, 1.165) is 27.1 Å². The Morgan fingerprint density at radius 2 is 1.79 bits per heavy atom. The summed E-state index contributed by atoms with van der Waals surface area (Å²) in [5, 5.41) is 8.78. The highest BCUT2D eigenvalue weighted by atomic mass is 79.9. The molecule has 0 bridgehead atoms. The Kier molecular flexibility index (Phi) is 6.37. The van der Waals surface area contributed by atoms with Gasteiger partial charge in [-0.05, 0) is 58.7 Å². The first-order chi connectivity index (χ1) is 11.4. The van der Waals surface area contributed by atoms with E-state index in [4.69, 9.17) is 0 Å². The number of amides is 2. The van der Waals surface area contributed by atoms with Gasteiger partial charge in [-0.1, -0.05) is 12.1 Å². The zero-order valence-corrected chi connectivity index (χ0v) is 15.2. The van der Waals surface area contributed by atoms with E-state index in [0.29, 0.717) is 13.0 Å². The maximum absolute atomic E-state index is 12.0. The van der Waals surface area contributed by atoms with Crippen molar-refractivity contribution in [3.63, 3.8) is 0 Å². The average molecular weight is 390 g/mol. The van der Waals surface area contributed by atoms with E-state index in [1.54, 1.807) is 0 Å². The predicted molar refractivity (Wildman–Crippen MR) is 101 cm³/mol. The van der Waals surface area contributed by atoms with E-state index < -0.39 is 0 Å². The number of aryl methyl sites for hydroxylation is 1. The van der Waals surface area contributed by atoms with Gasteiger partial charge in [-0.15, -0.1) is 0 Å². The van der Waals surface area contributed by atoms with Crippen molar-refractivity contribution < 1.29 is 9.59 Å². The first kappa shape index (κ1) is 18.0. The standard InChI is InChI=1S/C18H20BrN3O2/c1-12-6-7-17(16(19)10-12)22-18(24)8-9-20-14-4-3-5-15(11-14)21-13(2)23/h3-7,10-11,20H,8-9H2,1-2H3,(H,21,23)(H,22,24). The molecular weight excluding hydrogens is 370 g/mol. The van der Waals surface area contributed by atoms with Gasteiger partial charge in [0.1, 0.15) is 0 Å². The van der Waals surface area contributed by atoms with Gasteiger partial charge < -0.3 is 16.0 Å². The largest absolute Gasteiger partial charge is 0.384 e. The van der Waals surface area contributed by atoms with Gasteiger partial charge in [-0.25, -0.2) is 0 Å². The van der Waals surface area contributed by atoms with Crippen molar-refractivity contribution in [1.82, 2.24) is 0 Å². The molecule has 6 heteroatoms. The lowest BCUT2D eigenvalue weighted by atomic mass is 10.2. The zero-order valence-electron chi connectivity index (χ0n) is 13.7. The monoisotopic (exact) mass is 389 g/mol. The molecule has 24 heavy (non-hydrogen) atoms. The molecule has 0 saturated heterocycles. The van der Waals surface area contributed by atoms with Crippen LogP contribution in [0.1, 0.15) is 18.9 Å². The fourth-order valence-electron chi connectivity index (χ4n) is 2.16. The third-order valence-electron chi connectivity index (χ3n) is 3.26. The average Bonchev–Trinajstić information content (AvgIpc) is 2.50. The van der Waals surface area contributed by atoms with Gasteiger partial charge in [-0.2, -0.15) is 0 Å². The predicted octanol–water partition coefficient (Wildman–Crippen LogP) is 4.16. The Morgan fingerprint density at radius 3 is 2.50 bits per heavy atom. The SMILES string of the molecule is CC(=O)Nc1cccc(NCCC(=O)Nc2ccc(C)cc2Br)c1. The molecule has 3 N–H and O–H groups in total. The molecule has 0 unspecified atom stereocenters. The molecule has 0 heterocycles. The molecular formula is C18H20BrN3O2. The number of rotatable bonds is 6. The van der Waals surface area contributed by atoms with Crippen LogP contribution in [0.25, 0.3) is 0 Å². The fraction of sp³-hybridized carbons (Fsp3) is 0.222. The van der Waals surface area contributed by atoms with Crippen LogP contribution in [0.15, 0.2) is 46.9 Å². The maximum Gasteiger partial charge on any atom is 0.226 e. The molecule has 0 spiro atoms. The van der Waals surface area contributed by atoms with Gasteiger partial charge in [0, 0.05) is 35.7 Å². The summed E-state index contributed by atoms with van der Waals surface area (Å²) in [5.74, 6) is -0.180. The first-order valence-electron chi connectivity index (χ1n) is 7.61. The minimum atomic E-state index is -0.116. The van der Waals surface area contributed by atoms with Crippen molar-refractivity contribution in [3.8, 4) is 0 Å². The topological polar surface area (TPSA) is 70.2 Å². The lowest BCUT2D eigenvalue weighted by Gasteiger charge is -2.10. The third kappa shape index (κ3) is 5.70. The second-order valence-corrected chi connectivity index (χ2v) is 6.32. The summed E-state index contributed by atoms with van der Waals surface area (Å²) in [5.41, 5.74) is 3.46. The second kappa shape index (κ2) is 8.49. The molecule has 5 nitrogen and oxygen atoms in total. The Balaban J connectivity index is 1.83. The van der Waals surface area contributed by atoms with E-state index >= 15 is 0 Å². The van der Waals surface area contributed by atoms with Gasteiger partial charge in [0.15, 0.2) is 0 Å². The van der Waals surface area contributed by atoms with Crippen molar-refractivity contribution in [2.24, 2.45) is 0 Å². The summed E-state index contributed by atoms with van der Waals surface area (Å²) >= 11 is 3.44. The fourth-order valence-corrected chi connectivity index (χ4v) is 2.76. The first-order valence-corrected chi connectivity index (χ1v) is 8.41. The molecule has 2 aromatic rings. The quantitative estimate of drug-likeness (QED) is 0.694. The number of benzene rings is 2. The molecule has 2 amide bonds. The number of anilines is 3. The number of nitrogens with one attached hydrogen (secondary N) is 3. The molecule has 0 saturated carbocycles. The van der Waals surface area contributed by atoms with E-state index in [1.807, 2.05) is 49.4 Å². The summed E-state index contributed by atoms with van der Waals surface area (Å²) in [6.45, 7) is 3.96. The molecule has 2 rings (SSSR count). The van der Waals surface area contributed by atoms with Crippen LogP contribution in [0.3, 0.4) is 0 Å². The van der Waals surface area contributed by atoms with Crippen LogP contribution in [0.5, 0.6) is 0 Å². The van der Waals surface area contributed by atoms with Gasteiger partial charge in [0.25, 0.3) is 0 Å². The molecule has 126 valence electrons. The van der Waals surface area contributed by atoms with Gasteiger partial charge in [0.05, 0.1) is 5.69 Å². The normalized spacial score (nSPS) is 10.1. The summed E-state index contributed by atoms with van der Waals surface area (Å²) in [4.78, 5) is 23.1. The number of hydrogen-bond donors (Lipinski definition) is 3. The van der Waals surface area contributed by atoms with Crippen molar-refractivity contribution in [3.05, 3.63) is 52.5 Å². The molecule has 0 aliphatic heterocycles. The highest BCUT2D eigenvalue weighted by Crippen LogP contribution is 2.23. The second-order valence-electron chi connectivity index (χ2n) is 5.47. The van der Waals surface area contributed by atoms with Crippen molar-refractivity contribution in [1.29, 1.82) is 0 Å². The molecule has 0 aliphatic carbocycles. The Labute approximate surface area is 150 Å². The minimum Gasteiger partial charge on any atom is -0.384 e. The summed E-state index contributed by atoms with van der Waals surface area (Å²) in [6.07, 6.45) is 0.338. The van der Waals surface area contributed by atoms with Crippen molar-refractivity contribution >= 4 is 44.8 Å². The molecule has 0 fully saturated rings. The van der Waals surface area contributed by atoms with Crippen LogP contribution in [0, 0.1) is 6.92 Å². The molecule has 0 aromatic heterocycles. The van der Waals surface area contributed by atoms with Gasteiger partial charge in [0.2, 0.25) is 11.8 Å². The van der Waals surface area contributed by atoms with Crippen LogP contribution in [-0.2, 0) is 9.59 Å². The van der Waals surface area contributed by atoms with Crippen LogP contribution in [0.2, 0.25) is 0 Å². The van der Waals surface area contributed by atoms with Crippen LogP contribution < -0.4 is 16.0 Å². The number of carbonyl (C=O) groups is 2. The highest BCUT2D eigenvalue weighted by molar-refractivity contribution is 9.10. The summed E-state index contributed by atoms with van der Waals surface area (Å²) < 4.78 is 0.867. The van der Waals surface area contributed by atoms with Crippen LogP contribution in [0.4, 0.5) is 17.1 Å². The number of halogens is 1. The van der Waals surface area contributed by atoms with Crippen LogP contribution >= 0.6 is 15.9 Å². The minimum absolute atomic E-state index is 0.0648. The molecule has 2 aromatic carbocycles. The van der Waals surface area contributed by atoms with Crippen molar-refractivity contribution in [2.45, 2.75) is 20.3 Å². The maximum atomic E-state index is 12.0. The Bertz CT molecular complexity index is 747. The highest BCUT2D eigenvalue weighted by Gasteiger charge is 2.06. The van der Waals surface area contributed by atoms with Crippen molar-refractivity contribution in [2.75, 3.05) is 22.5 Å². The third-order valence-corrected chi connectivity index (χ3v) is 3.92. The van der Waals surface area contributed by atoms with Gasteiger partial charge >= 0.3 is 0 Å². The van der Waals surface area contributed by atoms with Crippen LogP contribution in [-0.4, -0.2) is 18.4 Å². The Morgan fingerprint density at radius 1 is 1.04 bits per heavy atom. The smallest absolute Gasteiger partial charge is 0.226 e.